The summed E-state index contributed by atoms with van der Waals surface area (Å²) in [6.45, 7) is 9.09. The number of carbonyl (C=O) groups excluding carboxylic acids is 2. The van der Waals surface area contributed by atoms with Gasteiger partial charge in [0.2, 0.25) is 5.91 Å². The van der Waals surface area contributed by atoms with E-state index in [4.69, 9.17) is 9.47 Å². The van der Waals surface area contributed by atoms with E-state index < -0.39 is 0 Å². The molecule has 0 aliphatic rings. The summed E-state index contributed by atoms with van der Waals surface area (Å²) in [6, 6.07) is 11.8. The van der Waals surface area contributed by atoms with Crippen LogP contribution in [0.3, 0.4) is 0 Å². The Morgan fingerprint density at radius 2 is 1.79 bits per heavy atom. The first-order valence-electron chi connectivity index (χ1n) is 11.9. The number of hydrogen-bond acceptors (Lipinski definition) is 4. The van der Waals surface area contributed by atoms with Crippen LogP contribution in [0.1, 0.15) is 67.1 Å². The predicted molar refractivity (Wildman–Crippen MR) is 135 cm³/mol. The number of fused-ring (bicyclic) bond motifs is 1. The van der Waals surface area contributed by atoms with Crippen molar-refractivity contribution in [1.29, 1.82) is 0 Å². The molecule has 0 fully saturated rings. The first-order valence-corrected chi connectivity index (χ1v) is 11.9. The van der Waals surface area contributed by atoms with Gasteiger partial charge in [-0.05, 0) is 54.2 Å². The number of rotatable bonds is 10. The zero-order chi connectivity index (χ0) is 24.8. The third kappa shape index (κ3) is 5.44. The molecule has 2 unspecified atom stereocenters. The van der Waals surface area contributed by atoms with Crippen LogP contribution in [0, 0.1) is 11.8 Å². The summed E-state index contributed by atoms with van der Waals surface area (Å²) in [4.78, 5) is 27.8. The number of aromatic amines is 1. The molecular weight excluding hydrogens is 428 g/mol. The van der Waals surface area contributed by atoms with Crippen molar-refractivity contribution in [3.63, 3.8) is 0 Å². The molecule has 34 heavy (non-hydrogen) atoms. The molecule has 6 heteroatoms. The number of esters is 1. The van der Waals surface area contributed by atoms with Crippen LogP contribution in [0.4, 0.5) is 0 Å². The van der Waals surface area contributed by atoms with Crippen molar-refractivity contribution >= 4 is 22.8 Å². The topological polar surface area (TPSA) is 80.4 Å². The van der Waals surface area contributed by atoms with Crippen molar-refractivity contribution in [3.8, 4) is 5.75 Å². The normalized spacial score (nSPS) is 13.0. The fraction of sp³-hybridized carbons (Fsp3) is 0.429. The molecule has 1 amide bonds. The minimum atomic E-state index is -0.389. The third-order valence-electron chi connectivity index (χ3n) is 6.31. The molecule has 1 aromatic heterocycles. The van der Waals surface area contributed by atoms with Crippen LogP contribution >= 0.6 is 0 Å². The van der Waals surface area contributed by atoms with Crippen LogP contribution in [0.2, 0.25) is 0 Å². The molecule has 0 radical (unpaired) electrons. The average Bonchev–Trinajstić information content (AvgIpc) is 3.24. The molecule has 0 saturated carbocycles. The maximum Gasteiger partial charge on any atom is 0.337 e. The van der Waals surface area contributed by atoms with Crippen molar-refractivity contribution in [1.82, 2.24) is 10.3 Å². The Hall–Kier alpha value is -3.28. The van der Waals surface area contributed by atoms with Crippen LogP contribution in [0.15, 0.2) is 42.6 Å². The Balaban J connectivity index is 1.99. The summed E-state index contributed by atoms with van der Waals surface area (Å²) in [5.41, 5.74) is 4.82. The van der Waals surface area contributed by atoms with E-state index in [0.717, 1.165) is 28.5 Å². The maximum absolute atomic E-state index is 12.4. The quantitative estimate of drug-likeness (QED) is 0.391. The van der Waals surface area contributed by atoms with Crippen molar-refractivity contribution in [2.24, 2.45) is 11.8 Å². The van der Waals surface area contributed by atoms with Gasteiger partial charge in [0, 0.05) is 41.0 Å². The van der Waals surface area contributed by atoms with Gasteiger partial charge in [-0.3, -0.25) is 4.79 Å². The number of carbonyl (C=O) groups is 2. The lowest BCUT2D eigenvalue weighted by Crippen LogP contribution is -2.30. The zero-order valence-corrected chi connectivity index (χ0v) is 21.0. The number of ether oxygens (including phenoxy) is 2. The molecule has 0 saturated heterocycles. The van der Waals surface area contributed by atoms with Gasteiger partial charge in [-0.2, -0.15) is 0 Å². The maximum atomic E-state index is 12.4. The van der Waals surface area contributed by atoms with E-state index in [1.165, 1.54) is 12.7 Å². The van der Waals surface area contributed by atoms with Crippen molar-refractivity contribution in [2.75, 3.05) is 20.8 Å². The van der Waals surface area contributed by atoms with Gasteiger partial charge in [-0.1, -0.05) is 39.8 Å². The molecule has 3 rings (SSSR count). The summed E-state index contributed by atoms with van der Waals surface area (Å²) in [7, 11) is 2.99. The molecule has 3 aromatic rings. The molecule has 0 spiro atoms. The summed E-state index contributed by atoms with van der Waals surface area (Å²) in [5, 5.41) is 4.12. The lowest BCUT2D eigenvalue weighted by atomic mass is 9.81. The number of aromatic nitrogens is 1. The van der Waals surface area contributed by atoms with E-state index in [1.807, 2.05) is 13.0 Å². The minimum absolute atomic E-state index is 0.0518. The fourth-order valence-corrected chi connectivity index (χ4v) is 4.54. The summed E-state index contributed by atoms with van der Waals surface area (Å²) >= 11 is 0. The number of benzene rings is 2. The van der Waals surface area contributed by atoms with Crippen molar-refractivity contribution < 1.29 is 19.1 Å². The highest BCUT2D eigenvalue weighted by Gasteiger charge is 2.26. The Bertz CT molecular complexity index is 1150. The highest BCUT2D eigenvalue weighted by atomic mass is 16.5. The Labute approximate surface area is 202 Å². The second-order valence-electron chi connectivity index (χ2n) is 9.19. The fourth-order valence-electron chi connectivity index (χ4n) is 4.54. The molecule has 1 heterocycles. The zero-order valence-electron chi connectivity index (χ0n) is 21.0. The molecule has 6 nitrogen and oxygen atoms in total. The molecule has 0 bridgehead atoms. The molecule has 2 N–H and O–H groups in total. The second kappa shape index (κ2) is 11.2. The van der Waals surface area contributed by atoms with Crippen LogP contribution in [-0.2, 0) is 16.0 Å². The summed E-state index contributed by atoms with van der Waals surface area (Å²) in [5.74, 6) is 0.591. The smallest absolute Gasteiger partial charge is 0.337 e. The molecule has 182 valence electrons. The van der Waals surface area contributed by atoms with Gasteiger partial charge in [0.05, 0.1) is 19.8 Å². The first kappa shape index (κ1) is 25.3. The lowest BCUT2D eigenvalue weighted by molar-refractivity contribution is -0.124. The molecule has 2 aromatic carbocycles. The van der Waals surface area contributed by atoms with Gasteiger partial charge in [-0.15, -0.1) is 0 Å². The van der Waals surface area contributed by atoms with Gasteiger partial charge in [0.15, 0.2) is 0 Å². The number of hydrogen-bond donors (Lipinski definition) is 2. The number of nitrogens with one attached hydrogen (secondary N) is 2. The van der Waals surface area contributed by atoms with E-state index in [9.17, 15) is 9.59 Å². The standard InChI is InChI=1S/C28H36N2O4/c1-7-12-29-27(31)18(4)13-19-8-11-24-22(14-19)23(16-30-24)26(17(2)3)21-10-9-20(28(32)34-6)15-25(21)33-5/h8-11,14-18,26,30H,7,12-13H2,1-6H3,(H,29,31). The van der Waals surface area contributed by atoms with E-state index >= 15 is 0 Å². The molecule has 0 aliphatic heterocycles. The number of methoxy groups -OCH3 is 2. The van der Waals surface area contributed by atoms with Gasteiger partial charge in [0.25, 0.3) is 0 Å². The van der Waals surface area contributed by atoms with E-state index in [1.54, 1.807) is 19.2 Å². The lowest BCUT2D eigenvalue weighted by Gasteiger charge is -2.24. The monoisotopic (exact) mass is 464 g/mol. The Morgan fingerprint density at radius 3 is 2.44 bits per heavy atom. The second-order valence-corrected chi connectivity index (χ2v) is 9.19. The van der Waals surface area contributed by atoms with Crippen molar-refractivity contribution in [3.05, 3.63) is 64.8 Å². The van der Waals surface area contributed by atoms with Crippen LogP contribution in [0.25, 0.3) is 10.9 Å². The predicted octanol–water partition coefficient (Wildman–Crippen LogP) is 5.46. The summed E-state index contributed by atoms with van der Waals surface area (Å²) in [6.07, 6.45) is 3.67. The third-order valence-corrected chi connectivity index (χ3v) is 6.31. The largest absolute Gasteiger partial charge is 0.496 e. The molecule has 0 aliphatic carbocycles. The SMILES string of the molecule is CCCNC(=O)C(C)Cc1ccc2[nH]cc(C(c3ccc(C(=O)OC)cc3OC)C(C)C)c2c1. The van der Waals surface area contributed by atoms with Crippen LogP contribution in [-0.4, -0.2) is 37.6 Å². The number of H-pyrrole nitrogens is 1. The highest BCUT2D eigenvalue weighted by molar-refractivity contribution is 5.90. The van der Waals surface area contributed by atoms with Gasteiger partial charge in [-0.25, -0.2) is 4.79 Å². The van der Waals surface area contributed by atoms with Gasteiger partial charge < -0.3 is 19.8 Å². The van der Waals surface area contributed by atoms with E-state index in [2.05, 4.69) is 55.5 Å². The van der Waals surface area contributed by atoms with E-state index in [0.29, 0.717) is 24.3 Å². The first-order chi connectivity index (χ1) is 16.3. The average molecular weight is 465 g/mol. The minimum Gasteiger partial charge on any atom is -0.496 e. The Morgan fingerprint density at radius 1 is 1.03 bits per heavy atom. The van der Waals surface area contributed by atoms with Crippen molar-refractivity contribution in [2.45, 2.75) is 46.5 Å². The summed E-state index contributed by atoms with van der Waals surface area (Å²) < 4.78 is 10.6. The van der Waals surface area contributed by atoms with Crippen LogP contribution < -0.4 is 10.1 Å². The van der Waals surface area contributed by atoms with Gasteiger partial charge in [0.1, 0.15) is 5.75 Å². The van der Waals surface area contributed by atoms with Gasteiger partial charge >= 0.3 is 5.97 Å². The molecule has 2 atom stereocenters. The Kier molecular flexibility index (Phi) is 8.37. The van der Waals surface area contributed by atoms with Crippen LogP contribution in [0.5, 0.6) is 5.75 Å². The highest BCUT2D eigenvalue weighted by Crippen LogP contribution is 2.41. The van der Waals surface area contributed by atoms with E-state index in [-0.39, 0.29) is 29.6 Å². The number of amides is 1. The molecular formula is C28H36N2O4.